The summed E-state index contributed by atoms with van der Waals surface area (Å²) in [6.45, 7) is 3.66. The van der Waals surface area contributed by atoms with Gasteiger partial charge in [-0.15, -0.1) is 0 Å². The molecule has 164 valence electrons. The summed E-state index contributed by atoms with van der Waals surface area (Å²) in [7, 11) is 1.54. The molecule has 0 radical (unpaired) electrons. The minimum Gasteiger partial charge on any atom is -0.507 e. The minimum absolute atomic E-state index is 0.0722. The number of methoxy groups -OCH3 is 1. The van der Waals surface area contributed by atoms with E-state index in [9.17, 15) is 14.7 Å². The van der Waals surface area contributed by atoms with Gasteiger partial charge in [-0.2, -0.15) is 0 Å². The fourth-order valence-corrected chi connectivity index (χ4v) is 4.77. The number of phenols is 1. The van der Waals surface area contributed by atoms with E-state index in [1.54, 1.807) is 57.4 Å². The first kappa shape index (κ1) is 21.6. The Morgan fingerprint density at radius 3 is 2.66 bits per heavy atom. The SMILES string of the molecule is CCOC(=O)C1=C(C)N=c2s/c(=C\c3ccccc3O)c(=O)n2[C@H]1c1ccccc1OC. The van der Waals surface area contributed by atoms with Gasteiger partial charge in [0.15, 0.2) is 4.80 Å². The molecule has 0 fully saturated rings. The molecule has 1 aromatic heterocycles. The van der Waals surface area contributed by atoms with Gasteiger partial charge in [-0.05, 0) is 32.1 Å². The van der Waals surface area contributed by atoms with E-state index < -0.39 is 12.0 Å². The molecule has 4 rings (SSSR count). The highest BCUT2D eigenvalue weighted by molar-refractivity contribution is 7.07. The average Bonchev–Trinajstić information content (AvgIpc) is 3.09. The van der Waals surface area contributed by atoms with Crippen LogP contribution in [-0.4, -0.2) is 29.4 Å². The van der Waals surface area contributed by atoms with Gasteiger partial charge in [0.2, 0.25) is 0 Å². The van der Waals surface area contributed by atoms with Crippen LogP contribution >= 0.6 is 11.3 Å². The summed E-state index contributed by atoms with van der Waals surface area (Å²) in [5.74, 6) is 0.0897. The number of rotatable bonds is 5. The molecule has 1 aliphatic rings. The lowest BCUT2D eigenvalue weighted by atomic mass is 9.95. The van der Waals surface area contributed by atoms with Gasteiger partial charge >= 0.3 is 5.97 Å². The van der Waals surface area contributed by atoms with Crippen LogP contribution in [0, 0.1) is 0 Å². The molecule has 3 aromatic rings. The van der Waals surface area contributed by atoms with Crippen LogP contribution in [-0.2, 0) is 9.53 Å². The van der Waals surface area contributed by atoms with Crippen molar-refractivity contribution in [3.63, 3.8) is 0 Å². The van der Waals surface area contributed by atoms with Crippen molar-refractivity contribution in [3.8, 4) is 11.5 Å². The summed E-state index contributed by atoms with van der Waals surface area (Å²) in [5.41, 5.74) is 1.63. The Balaban J connectivity index is 2.01. The van der Waals surface area contributed by atoms with E-state index >= 15 is 0 Å². The number of aromatic nitrogens is 1. The Bertz CT molecular complexity index is 1400. The van der Waals surface area contributed by atoms with Crippen molar-refractivity contribution in [2.45, 2.75) is 19.9 Å². The highest BCUT2D eigenvalue weighted by Crippen LogP contribution is 2.35. The molecule has 8 heteroatoms. The van der Waals surface area contributed by atoms with Crippen molar-refractivity contribution in [1.29, 1.82) is 0 Å². The third kappa shape index (κ3) is 3.73. The number of carbonyl (C=O) groups is 1. The number of esters is 1. The van der Waals surface area contributed by atoms with E-state index in [-0.39, 0.29) is 23.5 Å². The number of nitrogens with zero attached hydrogens (tertiary/aromatic N) is 2. The van der Waals surface area contributed by atoms with Crippen LogP contribution in [0.1, 0.15) is 31.0 Å². The first-order valence-electron chi connectivity index (χ1n) is 10.1. The van der Waals surface area contributed by atoms with E-state index in [0.717, 1.165) is 0 Å². The zero-order valence-electron chi connectivity index (χ0n) is 17.9. The number of benzene rings is 2. The van der Waals surface area contributed by atoms with Gasteiger partial charge < -0.3 is 14.6 Å². The van der Waals surface area contributed by atoms with Gasteiger partial charge in [0.1, 0.15) is 17.5 Å². The van der Waals surface area contributed by atoms with Crippen molar-refractivity contribution < 1.29 is 19.4 Å². The molecule has 0 spiro atoms. The van der Waals surface area contributed by atoms with E-state index in [0.29, 0.717) is 31.9 Å². The quantitative estimate of drug-likeness (QED) is 0.604. The zero-order chi connectivity index (χ0) is 22.8. The third-order valence-corrected chi connectivity index (χ3v) is 6.16. The molecule has 7 nitrogen and oxygen atoms in total. The Hall–Kier alpha value is -3.65. The highest BCUT2D eigenvalue weighted by Gasteiger charge is 2.34. The molecule has 2 aromatic carbocycles. The smallest absolute Gasteiger partial charge is 0.338 e. The van der Waals surface area contributed by atoms with Crippen molar-refractivity contribution >= 4 is 23.4 Å². The third-order valence-electron chi connectivity index (χ3n) is 5.17. The first-order chi connectivity index (χ1) is 15.5. The zero-order valence-corrected chi connectivity index (χ0v) is 18.7. The van der Waals surface area contributed by atoms with Crippen LogP contribution in [0.25, 0.3) is 6.08 Å². The summed E-state index contributed by atoms with van der Waals surface area (Å²) in [6, 6.07) is 13.3. The van der Waals surface area contributed by atoms with E-state index in [1.807, 2.05) is 18.2 Å². The lowest BCUT2D eigenvalue weighted by Crippen LogP contribution is -2.40. The predicted octanol–water partition coefficient (Wildman–Crippen LogP) is 2.51. The fraction of sp³-hybridized carbons (Fsp3) is 0.208. The molecule has 0 bridgehead atoms. The summed E-state index contributed by atoms with van der Waals surface area (Å²) < 4.78 is 12.7. The molecular weight excluding hydrogens is 428 g/mol. The average molecular weight is 451 g/mol. The Morgan fingerprint density at radius 2 is 1.94 bits per heavy atom. The van der Waals surface area contributed by atoms with Crippen LogP contribution in [0.3, 0.4) is 0 Å². The number of thiazole rings is 1. The van der Waals surface area contributed by atoms with Crippen LogP contribution < -0.4 is 19.6 Å². The van der Waals surface area contributed by atoms with Gasteiger partial charge in [0, 0.05) is 11.1 Å². The lowest BCUT2D eigenvalue weighted by molar-refractivity contribution is -0.139. The van der Waals surface area contributed by atoms with Crippen molar-refractivity contribution in [1.82, 2.24) is 4.57 Å². The second-order valence-electron chi connectivity index (χ2n) is 7.10. The Kier molecular flexibility index (Phi) is 5.96. The fourth-order valence-electron chi connectivity index (χ4n) is 3.73. The van der Waals surface area contributed by atoms with E-state index in [2.05, 4.69) is 4.99 Å². The highest BCUT2D eigenvalue weighted by atomic mass is 32.1. The monoisotopic (exact) mass is 450 g/mol. The number of para-hydroxylation sites is 2. The van der Waals surface area contributed by atoms with Gasteiger partial charge in [0.25, 0.3) is 5.56 Å². The molecule has 2 heterocycles. The molecular formula is C24H22N2O5S. The largest absolute Gasteiger partial charge is 0.507 e. The number of hydrogen-bond donors (Lipinski definition) is 1. The summed E-state index contributed by atoms with van der Waals surface area (Å²) in [5, 5.41) is 10.1. The standard InChI is InChI=1S/C24H22N2O5S/c1-4-31-23(29)20-14(2)25-24-26(21(20)16-10-6-8-12-18(16)30-3)22(28)19(32-24)13-15-9-5-7-11-17(15)27/h5-13,21,27H,4H2,1-3H3/b19-13-/t21-/m0/s1. The molecule has 0 amide bonds. The number of hydrogen-bond acceptors (Lipinski definition) is 7. The summed E-state index contributed by atoms with van der Waals surface area (Å²) >= 11 is 1.20. The maximum Gasteiger partial charge on any atom is 0.338 e. The molecule has 0 saturated heterocycles. The predicted molar refractivity (Wildman–Crippen MR) is 121 cm³/mol. The molecule has 0 aliphatic carbocycles. The summed E-state index contributed by atoms with van der Waals surface area (Å²) in [4.78, 5) is 31.5. The molecule has 1 aliphatic heterocycles. The topological polar surface area (TPSA) is 90.1 Å². The molecule has 32 heavy (non-hydrogen) atoms. The number of ether oxygens (including phenoxy) is 2. The normalized spacial score (nSPS) is 15.8. The van der Waals surface area contributed by atoms with E-state index in [1.165, 1.54) is 15.9 Å². The van der Waals surface area contributed by atoms with Crippen LogP contribution in [0.2, 0.25) is 0 Å². The number of fused-ring (bicyclic) bond motifs is 1. The molecule has 1 atom stereocenters. The Labute approximate surface area is 188 Å². The second-order valence-corrected chi connectivity index (χ2v) is 8.11. The van der Waals surface area contributed by atoms with Crippen LogP contribution in [0.4, 0.5) is 0 Å². The second kappa shape index (κ2) is 8.84. The molecule has 0 saturated carbocycles. The number of aromatic hydroxyl groups is 1. The number of phenolic OH excluding ortho intramolecular Hbond substituents is 1. The minimum atomic E-state index is -0.757. The molecule has 1 N–H and O–H groups in total. The maximum absolute atomic E-state index is 13.5. The van der Waals surface area contributed by atoms with Crippen molar-refractivity contribution in [2.75, 3.05) is 13.7 Å². The maximum atomic E-state index is 13.5. The van der Waals surface area contributed by atoms with Crippen molar-refractivity contribution in [3.05, 3.63) is 90.6 Å². The van der Waals surface area contributed by atoms with Crippen LogP contribution in [0.5, 0.6) is 11.5 Å². The van der Waals surface area contributed by atoms with Crippen LogP contribution in [0.15, 0.2) is 69.6 Å². The van der Waals surface area contributed by atoms with Gasteiger partial charge in [0.05, 0.1) is 29.5 Å². The lowest BCUT2D eigenvalue weighted by Gasteiger charge is -2.25. The van der Waals surface area contributed by atoms with Gasteiger partial charge in [-0.25, -0.2) is 9.79 Å². The molecule has 0 unspecified atom stereocenters. The van der Waals surface area contributed by atoms with Gasteiger partial charge in [-0.1, -0.05) is 47.7 Å². The number of allylic oxidation sites excluding steroid dienone is 1. The van der Waals surface area contributed by atoms with Crippen molar-refractivity contribution in [2.24, 2.45) is 4.99 Å². The first-order valence-corrected chi connectivity index (χ1v) is 10.9. The summed E-state index contributed by atoms with van der Waals surface area (Å²) in [6.07, 6.45) is 1.63. The van der Waals surface area contributed by atoms with E-state index in [4.69, 9.17) is 9.47 Å². The number of carbonyl (C=O) groups excluding carboxylic acids is 1. The van der Waals surface area contributed by atoms with Gasteiger partial charge in [-0.3, -0.25) is 9.36 Å². The Morgan fingerprint density at radius 1 is 1.22 bits per heavy atom.